The van der Waals surface area contributed by atoms with Gasteiger partial charge in [-0.1, -0.05) is 12.1 Å². The van der Waals surface area contributed by atoms with Crippen molar-refractivity contribution in [3.63, 3.8) is 0 Å². The van der Waals surface area contributed by atoms with Crippen LogP contribution in [0.15, 0.2) is 40.1 Å². The predicted molar refractivity (Wildman–Crippen MR) is 95.7 cm³/mol. The van der Waals surface area contributed by atoms with E-state index in [-0.39, 0.29) is 17.9 Å². The molecule has 1 aromatic heterocycles. The van der Waals surface area contributed by atoms with Gasteiger partial charge in [0.2, 0.25) is 0 Å². The van der Waals surface area contributed by atoms with E-state index in [9.17, 15) is 14.4 Å². The zero-order valence-electron chi connectivity index (χ0n) is 14.3. The summed E-state index contributed by atoms with van der Waals surface area (Å²) in [7, 11) is 0. The second-order valence-electron chi connectivity index (χ2n) is 6.85. The lowest BCUT2D eigenvalue weighted by Crippen LogP contribution is -2.38. The third-order valence-corrected chi connectivity index (χ3v) is 3.76. The van der Waals surface area contributed by atoms with Crippen LogP contribution < -0.4 is 21.9 Å². The van der Waals surface area contributed by atoms with Crippen LogP contribution in [-0.2, 0) is 11.3 Å². The molecule has 0 aliphatic heterocycles. The van der Waals surface area contributed by atoms with Gasteiger partial charge in [-0.15, -0.1) is 0 Å². The van der Waals surface area contributed by atoms with Crippen LogP contribution in [-0.4, -0.2) is 16.3 Å². The van der Waals surface area contributed by atoms with Gasteiger partial charge in [-0.05, 0) is 43.9 Å². The van der Waals surface area contributed by atoms with Crippen molar-refractivity contribution in [1.82, 2.24) is 9.88 Å². The van der Waals surface area contributed by atoms with Gasteiger partial charge >= 0.3 is 6.09 Å². The molecule has 0 spiro atoms. The number of nitrogens with two attached hydrogens (primary N) is 1. The number of alkyl carbamates (subject to hydrolysis) is 1. The highest BCUT2D eigenvalue weighted by Gasteiger charge is 2.21. The molecule has 3 rings (SSSR count). The molecule has 3 aromatic rings. The molecule has 0 saturated heterocycles. The third-order valence-electron chi connectivity index (χ3n) is 3.76. The van der Waals surface area contributed by atoms with E-state index in [1.165, 1.54) is 0 Å². The molecule has 2 aromatic carbocycles. The summed E-state index contributed by atoms with van der Waals surface area (Å²) in [5.41, 5.74) is 5.57. The van der Waals surface area contributed by atoms with Crippen LogP contribution in [0.1, 0.15) is 26.3 Å². The van der Waals surface area contributed by atoms with Gasteiger partial charge in [0.1, 0.15) is 17.0 Å². The molecule has 0 radical (unpaired) electrons. The Morgan fingerprint density at radius 2 is 1.92 bits per heavy atom. The molecule has 0 saturated carbocycles. The van der Waals surface area contributed by atoms with E-state index < -0.39 is 22.6 Å². The van der Waals surface area contributed by atoms with E-state index in [1.807, 2.05) is 24.3 Å². The van der Waals surface area contributed by atoms with Crippen molar-refractivity contribution in [3.8, 4) is 5.69 Å². The molecule has 0 fully saturated rings. The Balaban J connectivity index is 1.85. The number of hydrogen-bond donors (Lipinski definition) is 2. The number of aromatic nitrogens is 1. The number of benzene rings is 1. The van der Waals surface area contributed by atoms with Crippen LogP contribution in [0.25, 0.3) is 16.6 Å². The fraction of sp³-hybridized carbons (Fsp3) is 0.278. The molecule has 7 heteroatoms. The maximum Gasteiger partial charge on any atom is 0.407 e. The van der Waals surface area contributed by atoms with Gasteiger partial charge in [0.15, 0.2) is 0 Å². The molecule has 3 N–H and O–H groups in total. The summed E-state index contributed by atoms with van der Waals surface area (Å²) >= 11 is 0. The molecule has 25 heavy (non-hydrogen) atoms. The van der Waals surface area contributed by atoms with Crippen molar-refractivity contribution in [2.45, 2.75) is 32.9 Å². The Kier molecular flexibility index (Phi) is 3.87. The van der Waals surface area contributed by atoms with E-state index in [0.717, 1.165) is 16.5 Å². The number of carbonyl (C=O) groups is 1. The summed E-state index contributed by atoms with van der Waals surface area (Å²) in [6, 6.07) is 7.41. The van der Waals surface area contributed by atoms with E-state index >= 15 is 0 Å². The van der Waals surface area contributed by atoms with Crippen LogP contribution in [0.5, 0.6) is 0 Å². The molecule has 0 bridgehead atoms. The molecule has 1 amide bonds. The van der Waals surface area contributed by atoms with Gasteiger partial charge in [0.25, 0.3) is 10.9 Å². The maximum absolute atomic E-state index is 11.8. The number of amides is 1. The number of nitrogens with one attached hydrogen (secondary N) is 1. The topological polar surface area (TPSA) is 103 Å². The van der Waals surface area contributed by atoms with Crippen LogP contribution in [0.3, 0.4) is 0 Å². The zero-order chi connectivity index (χ0) is 18.4. The van der Waals surface area contributed by atoms with Crippen molar-refractivity contribution in [1.29, 1.82) is 0 Å². The van der Waals surface area contributed by atoms with Gasteiger partial charge in [0, 0.05) is 12.7 Å². The lowest BCUT2D eigenvalue weighted by Gasteiger charge is -2.19. The van der Waals surface area contributed by atoms with Gasteiger partial charge in [0.05, 0.1) is 5.52 Å². The molecule has 1 heterocycles. The minimum absolute atomic E-state index is 0.0280. The van der Waals surface area contributed by atoms with Gasteiger partial charge < -0.3 is 20.4 Å². The van der Waals surface area contributed by atoms with Crippen molar-refractivity contribution < 1.29 is 9.53 Å². The number of nitrogen functional groups attached to an aromatic ring is 1. The summed E-state index contributed by atoms with van der Waals surface area (Å²) in [5.74, 6) is 0. The lowest BCUT2D eigenvalue weighted by atomic mass is 10.1. The number of ether oxygens (including phenoxy) is 1. The van der Waals surface area contributed by atoms with Crippen molar-refractivity contribution in [2.75, 3.05) is 5.73 Å². The predicted octanol–water partition coefficient (Wildman–Crippen LogP) is 1.83. The minimum Gasteiger partial charge on any atom is -0.444 e. The van der Waals surface area contributed by atoms with Gasteiger partial charge in [-0.25, -0.2) is 4.79 Å². The third kappa shape index (κ3) is 3.13. The van der Waals surface area contributed by atoms with Gasteiger partial charge in [-0.2, -0.15) is 0 Å². The number of nitrogens with zero attached hydrogens (tertiary/aromatic N) is 1. The first-order valence-electron chi connectivity index (χ1n) is 7.83. The van der Waals surface area contributed by atoms with Crippen LogP contribution in [0.2, 0.25) is 0 Å². The summed E-state index contributed by atoms with van der Waals surface area (Å²) in [4.78, 5) is 34.9. The fourth-order valence-electron chi connectivity index (χ4n) is 2.60. The minimum atomic E-state index is -0.653. The smallest absolute Gasteiger partial charge is 0.407 e. The second kappa shape index (κ2) is 5.77. The van der Waals surface area contributed by atoms with E-state index in [4.69, 9.17) is 10.5 Å². The molecule has 0 unspecified atom stereocenters. The molecule has 130 valence electrons. The molecular weight excluding hydrogens is 322 g/mol. The molecule has 0 atom stereocenters. The molecule has 0 aliphatic carbocycles. The highest BCUT2D eigenvalue weighted by atomic mass is 16.6. The first-order chi connectivity index (χ1) is 11.7. The summed E-state index contributed by atoms with van der Waals surface area (Å²) in [6.07, 6.45) is 1.19. The number of fused-ring (bicyclic) bond motifs is 1. The van der Waals surface area contributed by atoms with Crippen molar-refractivity contribution in [2.24, 2.45) is 0 Å². The lowest BCUT2D eigenvalue weighted by molar-refractivity contribution is 0.0523. The average Bonchev–Trinajstić information content (AvgIpc) is 2.94. The highest BCUT2D eigenvalue weighted by Crippen LogP contribution is 2.22. The summed E-state index contributed by atoms with van der Waals surface area (Å²) in [6.45, 7) is 5.65. The van der Waals surface area contributed by atoms with E-state index in [2.05, 4.69) is 5.32 Å². The zero-order valence-corrected chi connectivity index (χ0v) is 14.3. The summed E-state index contributed by atoms with van der Waals surface area (Å²) in [5, 5.41) is 3.58. The van der Waals surface area contributed by atoms with Crippen LogP contribution >= 0.6 is 0 Å². The molecule has 7 nitrogen and oxygen atoms in total. The van der Waals surface area contributed by atoms with Crippen molar-refractivity contribution in [3.05, 3.63) is 56.5 Å². The SMILES string of the molecule is CC(C)(C)OC(=O)NCc1ccc2ccn(-c3c(N)c(=O)c3=O)c2c1. The molecular formula is C18H19N3O4. The molecule has 0 aliphatic rings. The fourth-order valence-corrected chi connectivity index (χ4v) is 2.60. The van der Waals surface area contributed by atoms with E-state index in [0.29, 0.717) is 0 Å². The number of hydrogen-bond acceptors (Lipinski definition) is 5. The quantitative estimate of drug-likeness (QED) is 0.708. The standard InChI is InChI=1S/C18H19N3O4/c1-18(2,3)25-17(24)20-9-10-4-5-11-6-7-21(12(11)8-10)14-13(19)15(22)16(14)23/h4-8H,9,19H2,1-3H3,(H,20,24). The Bertz CT molecular complexity index is 1030. The Hall–Kier alpha value is -3.09. The van der Waals surface area contributed by atoms with E-state index in [1.54, 1.807) is 31.5 Å². The number of rotatable bonds is 3. The monoisotopic (exact) mass is 341 g/mol. The van der Waals surface area contributed by atoms with Crippen LogP contribution in [0, 0.1) is 0 Å². The van der Waals surface area contributed by atoms with Crippen LogP contribution in [0.4, 0.5) is 10.5 Å². The number of carbonyl (C=O) groups excluding carboxylic acids is 1. The largest absolute Gasteiger partial charge is 0.444 e. The van der Waals surface area contributed by atoms with Crippen molar-refractivity contribution >= 4 is 22.7 Å². The summed E-state index contributed by atoms with van der Waals surface area (Å²) < 4.78 is 6.80. The highest BCUT2D eigenvalue weighted by molar-refractivity contribution is 5.84. The number of anilines is 1. The average molecular weight is 341 g/mol. The normalized spacial score (nSPS) is 11.8. The van der Waals surface area contributed by atoms with Gasteiger partial charge in [-0.3, -0.25) is 9.59 Å². The Labute approximate surface area is 143 Å². The Morgan fingerprint density at radius 1 is 1.20 bits per heavy atom. The first kappa shape index (κ1) is 16.8. The Morgan fingerprint density at radius 3 is 2.56 bits per heavy atom. The maximum atomic E-state index is 11.8. The first-order valence-corrected chi connectivity index (χ1v) is 7.83. The second-order valence-corrected chi connectivity index (χ2v) is 6.85.